The van der Waals surface area contributed by atoms with E-state index in [-0.39, 0.29) is 16.8 Å². The quantitative estimate of drug-likeness (QED) is 0.664. The van der Waals surface area contributed by atoms with E-state index in [1.807, 2.05) is 54.6 Å². The Balaban J connectivity index is 1.70. The van der Waals surface area contributed by atoms with Gasteiger partial charge in [-0.1, -0.05) is 42.5 Å². The van der Waals surface area contributed by atoms with E-state index in [0.29, 0.717) is 12.0 Å². The summed E-state index contributed by atoms with van der Waals surface area (Å²) in [5, 5.41) is 11.2. The van der Waals surface area contributed by atoms with Gasteiger partial charge in [0.25, 0.3) is 5.91 Å². The molecule has 0 saturated heterocycles. The molecule has 4 rings (SSSR count). The summed E-state index contributed by atoms with van der Waals surface area (Å²) in [5.74, 6) is 0.398. The highest BCUT2D eigenvalue weighted by Gasteiger charge is 2.33. The molecule has 1 aliphatic rings. The van der Waals surface area contributed by atoms with E-state index in [0.717, 1.165) is 22.6 Å². The molecule has 1 atom stereocenters. The summed E-state index contributed by atoms with van der Waals surface area (Å²) in [6.45, 7) is 0. The third kappa shape index (κ3) is 4.35. The largest absolute Gasteiger partial charge is 0.497 e. The Hall–Kier alpha value is -3.49. The van der Waals surface area contributed by atoms with Crippen molar-refractivity contribution in [3.63, 3.8) is 0 Å². The summed E-state index contributed by atoms with van der Waals surface area (Å²) in [6, 6.07) is 22.5. The SMILES string of the molecule is COc1ccc(C2CC(c3ccccc3)=NN2C(=O)c2ccc(S(N)(=O)=O)cc2)cc1. The maximum Gasteiger partial charge on any atom is 0.274 e. The molecule has 1 aliphatic heterocycles. The highest BCUT2D eigenvalue weighted by atomic mass is 32.2. The maximum atomic E-state index is 13.3. The number of nitrogens with two attached hydrogens (primary N) is 1. The van der Waals surface area contributed by atoms with Crippen LogP contribution >= 0.6 is 0 Å². The van der Waals surface area contributed by atoms with Crippen LogP contribution in [0.15, 0.2) is 88.9 Å². The topological polar surface area (TPSA) is 102 Å². The second-order valence-electron chi connectivity index (χ2n) is 7.12. The molecule has 1 amide bonds. The van der Waals surface area contributed by atoms with Crippen LogP contribution in [0.3, 0.4) is 0 Å². The van der Waals surface area contributed by atoms with Crippen molar-refractivity contribution >= 4 is 21.6 Å². The van der Waals surface area contributed by atoms with Gasteiger partial charge in [-0.05, 0) is 47.5 Å². The summed E-state index contributed by atoms with van der Waals surface area (Å²) in [4.78, 5) is 13.3. The van der Waals surface area contributed by atoms with Gasteiger partial charge in [0.1, 0.15) is 5.75 Å². The molecule has 0 saturated carbocycles. The first-order valence-electron chi connectivity index (χ1n) is 9.60. The number of benzene rings is 3. The standard InChI is InChI=1S/C23H21N3O4S/c1-30-19-11-7-17(8-12-19)22-15-21(16-5-3-2-4-6-16)25-26(22)23(27)18-9-13-20(14-10-18)31(24,28)29/h2-14,22H,15H2,1H3,(H2,24,28,29). The number of amides is 1. The van der Waals surface area contributed by atoms with Crippen molar-refractivity contribution in [1.82, 2.24) is 5.01 Å². The third-order valence-electron chi connectivity index (χ3n) is 5.16. The Morgan fingerprint density at radius 3 is 2.23 bits per heavy atom. The van der Waals surface area contributed by atoms with Gasteiger partial charge in [-0.3, -0.25) is 4.79 Å². The molecule has 3 aromatic carbocycles. The normalized spacial score (nSPS) is 16.1. The van der Waals surface area contributed by atoms with Crippen LogP contribution in [0, 0.1) is 0 Å². The average Bonchev–Trinajstić information content (AvgIpc) is 3.24. The minimum Gasteiger partial charge on any atom is -0.497 e. The van der Waals surface area contributed by atoms with Crippen LogP contribution in [0.5, 0.6) is 5.75 Å². The van der Waals surface area contributed by atoms with Crippen LogP contribution in [0.2, 0.25) is 0 Å². The molecule has 0 radical (unpaired) electrons. The van der Waals surface area contributed by atoms with Gasteiger partial charge in [-0.2, -0.15) is 5.10 Å². The van der Waals surface area contributed by atoms with Crippen molar-refractivity contribution < 1.29 is 17.9 Å². The molecule has 3 aromatic rings. The maximum absolute atomic E-state index is 13.3. The molecule has 2 N–H and O–H groups in total. The van der Waals surface area contributed by atoms with Crippen LogP contribution in [0.1, 0.15) is 33.9 Å². The Bertz CT molecular complexity index is 1220. The first-order chi connectivity index (χ1) is 14.9. The number of hydrazone groups is 1. The third-order valence-corrected chi connectivity index (χ3v) is 6.09. The molecule has 0 aromatic heterocycles. The fourth-order valence-corrected chi connectivity index (χ4v) is 4.02. The van der Waals surface area contributed by atoms with Crippen LogP contribution in [0.4, 0.5) is 0 Å². The minimum absolute atomic E-state index is 0.0503. The number of nitrogens with zero attached hydrogens (tertiary/aromatic N) is 2. The lowest BCUT2D eigenvalue weighted by atomic mass is 9.98. The number of hydrogen-bond donors (Lipinski definition) is 1. The van der Waals surface area contributed by atoms with E-state index in [9.17, 15) is 13.2 Å². The Morgan fingerprint density at radius 1 is 1.00 bits per heavy atom. The number of primary sulfonamides is 1. The van der Waals surface area contributed by atoms with Crippen molar-refractivity contribution in [1.29, 1.82) is 0 Å². The molecular formula is C23H21N3O4S. The lowest BCUT2D eigenvalue weighted by Gasteiger charge is -2.22. The second kappa shape index (κ2) is 8.33. The molecular weight excluding hydrogens is 414 g/mol. The van der Waals surface area contributed by atoms with Gasteiger partial charge in [0.05, 0.1) is 23.8 Å². The summed E-state index contributed by atoms with van der Waals surface area (Å²) < 4.78 is 28.3. The predicted octanol–water partition coefficient (Wildman–Crippen LogP) is 3.33. The lowest BCUT2D eigenvalue weighted by molar-refractivity contribution is 0.0711. The molecule has 31 heavy (non-hydrogen) atoms. The predicted molar refractivity (Wildman–Crippen MR) is 117 cm³/mol. The van der Waals surface area contributed by atoms with Crippen LogP contribution in [0.25, 0.3) is 0 Å². The number of ether oxygens (including phenoxy) is 1. The summed E-state index contributed by atoms with van der Waals surface area (Å²) in [7, 11) is -2.23. The van der Waals surface area contributed by atoms with Crippen molar-refractivity contribution in [2.75, 3.05) is 7.11 Å². The molecule has 158 valence electrons. The zero-order valence-electron chi connectivity index (χ0n) is 16.8. The number of sulfonamides is 1. The minimum atomic E-state index is -3.83. The number of hydrogen-bond acceptors (Lipinski definition) is 5. The van der Waals surface area contributed by atoms with E-state index in [1.54, 1.807) is 7.11 Å². The summed E-state index contributed by atoms with van der Waals surface area (Å²) >= 11 is 0. The van der Waals surface area contributed by atoms with Crippen molar-refractivity contribution in [3.05, 3.63) is 95.6 Å². The molecule has 7 nitrogen and oxygen atoms in total. The lowest BCUT2D eigenvalue weighted by Crippen LogP contribution is -2.27. The smallest absolute Gasteiger partial charge is 0.274 e. The monoisotopic (exact) mass is 435 g/mol. The summed E-state index contributed by atoms with van der Waals surface area (Å²) in [5.41, 5.74) is 2.99. The molecule has 0 fully saturated rings. The molecule has 0 spiro atoms. The first kappa shape index (κ1) is 20.8. The van der Waals surface area contributed by atoms with Crippen molar-refractivity contribution in [2.24, 2.45) is 10.2 Å². The highest BCUT2D eigenvalue weighted by molar-refractivity contribution is 7.89. The van der Waals surface area contributed by atoms with Gasteiger partial charge < -0.3 is 4.74 Å². The van der Waals surface area contributed by atoms with Gasteiger partial charge in [0.2, 0.25) is 10.0 Å². The first-order valence-corrected chi connectivity index (χ1v) is 11.1. The summed E-state index contributed by atoms with van der Waals surface area (Å²) in [6.07, 6.45) is 0.553. The zero-order chi connectivity index (χ0) is 22.0. The van der Waals surface area contributed by atoms with Crippen LogP contribution in [-0.2, 0) is 10.0 Å². The number of rotatable bonds is 5. The van der Waals surface area contributed by atoms with Gasteiger partial charge in [-0.25, -0.2) is 18.6 Å². The second-order valence-corrected chi connectivity index (χ2v) is 8.69. The molecule has 1 heterocycles. The Morgan fingerprint density at radius 2 is 1.65 bits per heavy atom. The van der Waals surface area contributed by atoms with Crippen molar-refractivity contribution in [2.45, 2.75) is 17.4 Å². The van der Waals surface area contributed by atoms with Gasteiger partial charge in [0, 0.05) is 12.0 Å². The fraction of sp³-hybridized carbons (Fsp3) is 0.130. The number of methoxy groups -OCH3 is 1. The fourth-order valence-electron chi connectivity index (χ4n) is 3.51. The number of carbonyl (C=O) groups excluding carboxylic acids is 1. The van der Waals surface area contributed by atoms with Gasteiger partial charge in [-0.15, -0.1) is 0 Å². The van der Waals surface area contributed by atoms with Crippen LogP contribution in [-0.4, -0.2) is 32.2 Å². The highest BCUT2D eigenvalue weighted by Crippen LogP contribution is 2.34. The van der Waals surface area contributed by atoms with E-state index >= 15 is 0 Å². The van der Waals surface area contributed by atoms with E-state index in [2.05, 4.69) is 5.10 Å². The molecule has 0 aliphatic carbocycles. The average molecular weight is 436 g/mol. The van der Waals surface area contributed by atoms with Crippen LogP contribution < -0.4 is 9.88 Å². The van der Waals surface area contributed by atoms with Gasteiger partial charge in [0.15, 0.2) is 0 Å². The van der Waals surface area contributed by atoms with Crippen molar-refractivity contribution in [3.8, 4) is 5.75 Å². The van der Waals surface area contributed by atoms with E-state index in [4.69, 9.17) is 9.88 Å². The molecule has 0 bridgehead atoms. The molecule has 1 unspecified atom stereocenters. The Labute approximate surface area is 180 Å². The van der Waals surface area contributed by atoms with E-state index < -0.39 is 10.0 Å². The number of carbonyl (C=O) groups is 1. The molecule has 8 heteroatoms. The zero-order valence-corrected chi connectivity index (χ0v) is 17.6. The van der Waals surface area contributed by atoms with Gasteiger partial charge >= 0.3 is 0 Å². The Kier molecular flexibility index (Phi) is 5.58. The van der Waals surface area contributed by atoms with E-state index in [1.165, 1.54) is 29.3 Å².